The van der Waals surface area contributed by atoms with Crippen molar-refractivity contribution < 1.29 is 18.7 Å². The Morgan fingerprint density at radius 1 is 1.47 bits per heavy atom. The van der Waals surface area contributed by atoms with E-state index in [-0.39, 0.29) is 5.76 Å². The van der Waals surface area contributed by atoms with Crippen molar-refractivity contribution in [2.45, 2.75) is 52.1 Å². The molecule has 2 heterocycles. The van der Waals surface area contributed by atoms with Crippen LogP contribution >= 0.6 is 0 Å². The molecule has 0 radical (unpaired) electrons. The Hall–Kier alpha value is -1.36. The van der Waals surface area contributed by atoms with Gasteiger partial charge in [-0.05, 0) is 32.6 Å². The van der Waals surface area contributed by atoms with E-state index in [0.29, 0.717) is 37.1 Å². The third kappa shape index (κ3) is 3.56. The number of carbonyl (C=O) groups excluding carboxylic acids is 1. The van der Waals surface area contributed by atoms with Crippen LogP contribution in [0.4, 0.5) is 0 Å². The summed E-state index contributed by atoms with van der Waals surface area (Å²) >= 11 is 0. The average molecular weight is 267 g/mol. The molecule has 1 saturated heterocycles. The van der Waals surface area contributed by atoms with Gasteiger partial charge < -0.3 is 13.9 Å². The van der Waals surface area contributed by atoms with Crippen molar-refractivity contribution in [1.82, 2.24) is 4.98 Å². The number of aromatic nitrogens is 1. The lowest BCUT2D eigenvalue weighted by atomic mass is 10.1. The highest BCUT2D eigenvalue weighted by molar-refractivity contribution is 5.87. The second-order valence-electron chi connectivity index (χ2n) is 4.63. The lowest BCUT2D eigenvalue weighted by Crippen LogP contribution is -2.06. The number of hydrogen-bond acceptors (Lipinski definition) is 5. The fourth-order valence-electron chi connectivity index (χ4n) is 2.26. The van der Waals surface area contributed by atoms with E-state index < -0.39 is 5.97 Å². The van der Waals surface area contributed by atoms with Gasteiger partial charge in [0.15, 0.2) is 5.89 Å². The number of rotatable bonds is 6. The van der Waals surface area contributed by atoms with Gasteiger partial charge in [-0.25, -0.2) is 9.78 Å². The Labute approximate surface area is 113 Å². The minimum atomic E-state index is -0.421. The van der Waals surface area contributed by atoms with Crippen LogP contribution in [0.1, 0.15) is 55.2 Å². The highest BCUT2D eigenvalue weighted by Gasteiger charge is 2.21. The molecule has 0 saturated carbocycles. The third-order valence-electron chi connectivity index (χ3n) is 3.24. The number of nitrogens with zero attached hydrogens (tertiary/aromatic N) is 1. The maximum Gasteiger partial charge on any atom is 0.376 e. The van der Waals surface area contributed by atoms with Gasteiger partial charge in [0.1, 0.15) is 0 Å². The lowest BCUT2D eigenvalue weighted by Gasteiger charge is -2.06. The van der Waals surface area contributed by atoms with Crippen LogP contribution in [0.2, 0.25) is 0 Å². The van der Waals surface area contributed by atoms with E-state index in [9.17, 15) is 4.79 Å². The lowest BCUT2D eigenvalue weighted by molar-refractivity contribution is 0.0485. The molecule has 0 aliphatic carbocycles. The van der Waals surface area contributed by atoms with Gasteiger partial charge >= 0.3 is 5.97 Å². The molecule has 0 aromatic carbocycles. The van der Waals surface area contributed by atoms with Gasteiger partial charge in [0.2, 0.25) is 5.76 Å². The molecule has 0 bridgehead atoms. The standard InChI is InChI=1S/C14H21NO4/c1-3-11-13(14(16)17-4-2)19-12(15-11)8-7-10-6-5-9-18-10/h10H,3-9H2,1-2H3. The van der Waals surface area contributed by atoms with Crippen LogP contribution in [0.5, 0.6) is 0 Å². The maximum absolute atomic E-state index is 11.7. The molecule has 1 aromatic heterocycles. The molecule has 1 atom stereocenters. The molecule has 106 valence electrons. The first-order valence-electron chi connectivity index (χ1n) is 7.01. The van der Waals surface area contributed by atoms with Crippen LogP contribution < -0.4 is 0 Å². The molecule has 2 rings (SSSR count). The van der Waals surface area contributed by atoms with Crippen molar-refractivity contribution >= 4 is 5.97 Å². The van der Waals surface area contributed by atoms with Crippen molar-refractivity contribution in [2.24, 2.45) is 0 Å². The summed E-state index contributed by atoms with van der Waals surface area (Å²) in [5.41, 5.74) is 0.681. The molecule has 1 aliphatic heterocycles. The Kier molecular flexibility index (Phi) is 4.96. The zero-order chi connectivity index (χ0) is 13.7. The molecular formula is C14H21NO4. The van der Waals surface area contributed by atoms with E-state index >= 15 is 0 Å². The van der Waals surface area contributed by atoms with E-state index in [1.165, 1.54) is 0 Å². The van der Waals surface area contributed by atoms with Gasteiger partial charge in [-0.3, -0.25) is 0 Å². The predicted molar refractivity (Wildman–Crippen MR) is 69.1 cm³/mol. The molecule has 0 spiro atoms. The van der Waals surface area contributed by atoms with Crippen LogP contribution in [-0.4, -0.2) is 30.3 Å². The zero-order valence-corrected chi connectivity index (χ0v) is 11.6. The second-order valence-corrected chi connectivity index (χ2v) is 4.63. The van der Waals surface area contributed by atoms with Crippen molar-refractivity contribution in [3.63, 3.8) is 0 Å². The van der Waals surface area contributed by atoms with E-state index in [2.05, 4.69) is 4.98 Å². The monoisotopic (exact) mass is 267 g/mol. The van der Waals surface area contributed by atoms with E-state index in [1.54, 1.807) is 6.92 Å². The molecule has 0 N–H and O–H groups in total. The zero-order valence-electron chi connectivity index (χ0n) is 11.6. The first-order valence-corrected chi connectivity index (χ1v) is 7.01. The average Bonchev–Trinajstić information content (AvgIpc) is 3.05. The fraction of sp³-hybridized carbons (Fsp3) is 0.714. The normalized spacial score (nSPS) is 18.7. The fourth-order valence-corrected chi connectivity index (χ4v) is 2.26. The molecule has 19 heavy (non-hydrogen) atoms. The summed E-state index contributed by atoms with van der Waals surface area (Å²) in [7, 11) is 0. The summed E-state index contributed by atoms with van der Waals surface area (Å²) in [4.78, 5) is 16.1. The molecule has 1 aliphatic rings. The first-order chi connectivity index (χ1) is 9.24. The van der Waals surface area contributed by atoms with Crippen molar-refractivity contribution in [3.8, 4) is 0 Å². The molecule has 1 fully saturated rings. The Balaban J connectivity index is 1.98. The van der Waals surface area contributed by atoms with Gasteiger partial charge in [0.05, 0.1) is 18.4 Å². The largest absolute Gasteiger partial charge is 0.460 e. The van der Waals surface area contributed by atoms with Gasteiger partial charge in [-0.1, -0.05) is 6.92 Å². The van der Waals surface area contributed by atoms with E-state index in [4.69, 9.17) is 13.9 Å². The second kappa shape index (κ2) is 6.70. The van der Waals surface area contributed by atoms with Crippen LogP contribution in [0.25, 0.3) is 0 Å². The number of carbonyl (C=O) groups is 1. The quantitative estimate of drug-likeness (QED) is 0.741. The van der Waals surface area contributed by atoms with Crippen LogP contribution in [0.3, 0.4) is 0 Å². The highest BCUT2D eigenvalue weighted by atomic mass is 16.5. The Morgan fingerprint density at radius 2 is 2.32 bits per heavy atom. The SMILES string of the molecule is CCOC(=O)c1oc(CCC2CCCO2)nc1CC. The summed E-state index contributed by atoms with van der Waals surface area (Å²) in [6, 6.07) is 0. The van der Waals surface area contributed by atoms with Gasteiger partial charge in [0, 0.05) is 13.0 Å². The summed E-state index contributed by atoms with van der Waals surface area (Å²) in [6.45, 7) is 4.92. The number of ether oxygens (including phenoxy) is 2. The number of oxazole rings is 1. The van der Waals surface area contributed by atoms with Gasteiger partial charge in [-0.15, -0.1) is 0 Å². The topological polar surface area (TPSA) is 61.6 Å². The van der Waals surface area contributed by atoms with Crippen molar-refractivity contribution in [2.75, 3.05) is 13.2 Å². The summed E-state index contributed by atoms with van der Waals surface area (Å²) in [5, 5.41) is 0. The smallest absolute Gasteiger partial charge is 0.376 e. The summed E-state index contributed by atoms with van der Waals surface area (Å²) in [6.07, 6.45) is 4.81. The predicted octanol–water partition coefficient (Wildman–Crippen LogP) is 2.53. The minimum absolute atomic E-state index is 0.256. The summed E-state index contributed by atoms with van der Waals surface area (Å²) in [5.74, 6) is 0.442. The Morgan fingerprint density at radius 3 is 2.95 bits per heavy atom. The Bertz CT molecular complexity index is 421. The number of hydrogen-bond donors (Lipinski definition) is 0. The minimum Gasteiger partial charge on any atom is -0.460 e. The number of aryl methyl sites for hydroxylation is 2. The molecular weight excluding hydrogens is 246 g/mol. The van der Waals surface area contributed by atoms with Crippen molar-refractivity contribution in [3.05, 3.63) is 17.3 Å². The van der Waals surface area contributed by atoms with E-state index in [0.717, 1.165) is 25.9 Å². The van der Waals surface area contributed by atoms with Crippen LogP contribution in [-0.2, 0) is 22.3 Å². The first kappa shape index (κ1) is 14.1. The summed E-state index contributed by atoms with van der Waals surface area (Å²) < 4.78 is 16.1. The van der Waals surface area contributed by atoms with Crippen LogP contribution in [0, 0.1) is 0 Å². The van der Waals surface area contributed by atoms with Crippen molar-refractivity contribution in [1.29, 1.82) is 0 Å². The van der Waals surface area contributed by atoms with E-state index in [1.807, 2.05) is 6.92 Å². The van der Waals surface area contributed by atoms with Gasteiger partial charge in [-0.2, -0.15) is 0 Å². The van der Waals surface area contributed by atoms with Crippen LogP contribution in [0.15, 0.2) is 4.42 Å². The molecule has 1 unspecified atom stereocenters. The number of esters is 1. The van der Waals surface area contributed by atoms with Gasteiger partial charge in [0.25, 0.3) is 0 Å². The molecule has 5 heteroatoms. The molecule has 1 aromatic rings. The molecule has 0 amide bonds. The highest BCUT2D eigenvalue weighted by Crippen LogP contribution is 2.19. The third-order valence-corrected chi connectivity index (χ3v) is 3.24. The maximum atomic E-state index is 11.7. The molecule has 5 nitrogen and oxygen atoms in total.